The van der Waals surface area contributed by atoms with Crippen molar-refractivity contribution in [3.8, 4) is 5.75 Å². The minimum Gasteiger partial charge on any atom is -0.496 e. The summed E-state index contributed by atoms with van der Waals surface area (Å²) in [6.45, 7) is 2.89. The molecule has 1 unspecified atom stereocenters. The molecule has 6 heteroatoms. The number of nitrogens with zero attached hydrogens (tertiary/aromatic N) is 2. The first-order valence-corrected chi connectivity index (χ1v) is 7.49. The Hall–Kier alpha value is -1.04. The molecule has 2 aromatic rings. The van der Waals surface area contributed by atoms with Crippen molar-refractivity contribution in [2.45, 2.75) is 13.0 Å². The van der Waals surface area contributed by atoms with Gasteiger partial charge in [0.15, 0.2) is 0 Å². The third kappa shape index (κ3) is 3.00. The highest BCUT2D eigenvalue weighted by Gasteiger charge is 2.21. The minimum atomic E-state index is -0.0118. The van der Waals surface area contributed by atoms with Crippen LogP contribution >= 0.6 is 27.5 Å². The molecule has 1 heterocycles. The van der Waals surface area contributed by atoms with E-state index in [4.69, 9.17) is 16.3 Å². The number of aryl methyl sites for hydroxylation is 1. The summed E-state index contributed by atoms with van der Waals surface area (Å²) < 4.78 is 7.98. The lowest BCUT2D eigenvalue weighted by atomic mass is 10.0. The molecule has 0 fully saturated rings. The van der Waals surface area contributed by atoms with Crippen LogP contribution in [0.1, 0.15) is 24.2 Å². The first-order valence-electron chi connectivity index (χ1n) is 6.32. The van der Waals surface area contributed by atoms with Crippen LogP contribution in [0.2, 0.25) is 5.02 Å². The Balaban J connectivity index is 2.46. The number of aromatic nitrogens is 2. The van der Waals surface area contributed by atoms with Gasteiger partial charge in [0.25, 0.3) is 0 Å². The molecule has 0 saturated heterocycles. The van der Waals surface area contributed by atoms with Crippen molar-refractivity contribution in [1.29, 1.82) is 0 Å². The monoisotopic (exact) mass is 357 g/mol. The molecule has 20 heavy (non-hydrogen) atoms. The Morgan fingerprint density at radius 3 is 2.75 bits per heavy atom. The van der Waals surface area contributed by atoms with Crippen molar-refractivity contribution in [3.63, 3.8) is 0 Å². The predicted octanol–water partition coefficient (Wildman–Crippen LogP) is 3.54. The normalized spacial score (nSPS) is 12.4. The number of nitrogens with one attached hydrogen (secondary N) is 1. The summed E-state index contributed by atoms with van der Waals surface area (Å²) in [6, 6.07) is 5.99. The van der Waals surface area contributed by atoms with Crippen LogP contribution in [0, 0.1) is 0 Å². The van der Waals surface area contributed by atoms with Gasteiger partial charge in [-0.05, 0) is 40.2 Å². The van der Waals surface area contributed by atoms with Gasteiger partial charge in [-0.1, -0.05) is 24.6 Å². The highest BCUT2D eigenvalue weighted by molar-refractivity contribution is 9.10. The highest BCUT2D eigenvalue weighted by Crippen LogP contribution is 2.32. The molecule has 0 spiro atoms. The second-order valence-electron chi connectivity index (χ2n) is 4.39. The second-order valence-corrected chi connectivity index (χ2v) is 5.65. The fourth-order valence-electron chi connectivity index (χ4n) is 2.18. The highest BCUT2D eigenvalue weighted by atomic mass is 79.9. The van der Waals surface area contributed by atoms with Crippen LogP contribution in [-0.4, -0.2) is 23.4 Å². The number of rotatable bonds is 5. The van der Waals surface area contributed by atoms with E-state index in [0.717, 1.165) is 28.0 Å². The number of benzene rings is 1. The predicted molar refractivity (Wildman–Crippen MR) is 84.4 cm³/mol. The lowest BCUT2D eigenvalue weighted by Gasteiger charge is -2.20. The van der Waals surface area contributed by atoms with Crippen LogP contribution in [-0.2, 0) is 7.05 Å². The maximum absolute atomic E-state index is 6.26. The maximum atomic E-state index is 6.26. The summed E-state index contributed by atoms with van der Waals surface area (Å²) in [5, 5.41) is 8.31. The molecule has 2 rings (SSSR count). The summed E-state index contributed by atoms with van der Waals surface area (Å²) in [5.41, 5.74) is 2.05. The zero-order valence-corrected chi connectivity index (χ0v) is 14.0. The van der Waals surface area contributed by atoms with Gasteiger partial charge in [0.05, 0.1) is 34.5 Å². The third-order valence-corrected chi connectivity index (χ3v) is 4.04. The molecule has 0 aliphatic rings. The number of halogens is 2. The van der Waals surface area contributed by atoms with Gasteiger partial charge >= 0.3 is 0 Å². The molecule has 0 bridgehead atoms. The van der Waals surface area contributed by atoms with Crippen molar-refractivity contribution in [2.75, 3.05) is 13.7 Å². The molecule has 0 aliphatic carbocycles. The Morgan fingerprint density at radius 2 is 2.25 bits per heavy atom. The van der Waals surface area contributed by atoms with Crippen LogP contribution in [0.3, 0.4) is 0 Å². The first-order chi connectivity index (χ1) is 9.58. The van der Waals surface area contributed by atoms with Crippen LogP contribution in [0.5, 0.6) is 5.75 Å². The average Bonchev–Trinajstić information content (AvgIpc) is 2.76. The average molecular weight is 359 g/mol. The molecular formula is C14H17BrClN3O. The van der Waals surface area contributed by atoms with Crippen molar-refractivity contribution in [1.82, 2.24) is 15.1 Å². The lowest BCUT2D eigenvalue weighted by molar-refractivity contribution is 0.411. The SMILES string of the molecule is CCNC(c1ccc(OC)c(Br)c1)c1c(Cl)cnn1C. The summed E-state index contributed by atoms with van der Waals surface area (Å²) >= 11 is 9.78. The van der Waals surface area contributed by atoms with E-state index in [1.165, 1.54) is 0 Å². The lowest BCUT2D eigenvalue weighted by Crippen LogP contribution is -2.24. The van der Waals surface area contributed by atoms with Crippen LogP contribution in [0.4, 0.5) is 0 Å². The zero-order chi connectivity index (χ0) is 14.7. The smallest absolute Gasteiger partial charge is 0.133 e. The van der Waals surface area contributed by atoms with E-state index in [2.05, 4.69) is 33.3 Å². The maximum Gasteiger partial charge on any atom is 0.133 e. The number of ether oxygens (including phenoxy) is 1. The van der Waals surface area contributed by atoms with Crippen LogP contribution in [0.25, 0.3) is 0 Å². The van der Waals surface area contributed by atoms with Gasteiger partial charge in [-0.3, -0.25) is 4.68 Å². The molecule has 1 aromatic heterocycles. The number of hydrogen-bond donors (Lipinski definition) is 1. The number of hydrogen-bond acceptors (Lipinski definition) is 3. The van der Waals surface area contributed by atoms with Crippen molar-refractivity contribution in [3.05, 3.63) is 45.1 Å². The van der Waals surface area contributed by atoms with Gasteiger partial charge in [0, 0.05) is 7.05 Å². The van der Waals surface area contributed by atoms with Crippen LogP contribution < -0.4 is 10.1 Å². The van der Waals surface area contributed by atoms with Crippen LogP contribution in [0.15, 0.2) is 28.9 Å². The summed E-state index contributed by atoms with van der Waals surface area (Å²) in [7, 11) is 3.55. The molecule has 1 atom stereocenters. The van der Waals surface area contributed by atoms with Gasteiger partial charge in [-0.15, -0.1) is 0 Å². The van der Waals surface area contributed by atoms with E-state index in [1.807, 2.05) is 25.2 Å². The second kappa shape index (κ2) is 6.61. The molecule has 1 N–H and O–H groups in total. The Kier molecular flexibility index (Phi) is 5.07. The standard InChI is InChI=1S/C14H17BrClN3O/c1-4-17-13(14-11(16)8-18-19(14)2)9-5-6-12(20-3)10(15)7-9/h5-8,13,17H,4H2,1-3H3. The Labute approximate surface area is 132 Å². The van der Waals surface area contributed by atoms with Gasteiger partial charge in [-0.2, -0.15) is 5.10 Å². The summed E-state index contributed by atoms with van der Waals surface area (Å²) in [5.74, 6) is 0.806. The van der Waals surface area contributed by atoms with Crippen molar-refractivity contribution < 1.29 is 4.74 Å². The quantitative estimate of drug-likeness (QED) is 0.888. The van der Waals surface area contributed by atoms with Crippen molar-refractivity contribution >= 4 is 27.5 Å². The first kappa shape index (κ1) is 15.4. The van der Waals surface area contributed by atoms with E-state index in [1.54, 1.807) is 18.0 Å². The zero-order valence-electron chi connectivity index (χ0n) is 11.7. The van der Waals surface area contributed by atoms with E-state index in [0.29, 0.717) is 5.02 Å². The third-order valence-electron chi connectivity index (χ3n) is 3.13. The van der Waals surface area contributed by atoms with Gasteiger partial charge < -0.3 is 10.1 Å². The van der Waals surface area contributed by atoms with E-state index < -0.39 is 0 Å². The molecule has 0 amide bonds. The molecule has 0 radical (unpaired) electrons. The molecular weight excluding hydrogens is 342 g/mol. The molecule has 4 nitrogen and oxygen atoms in total. The molecule has 1 aromatic carbocycles. The molecule has 0 aliphatic heterocycles. The summed E-state index contributed by atoms with van der Waals surface area (Å²) in [6.07, 6.45) is 1.67. The largest absolute Gasteiger partial charge is 0.496 e. The summed E-state index contributed by atoms with van der Waals surface area (Å²) in [4.78, 5) is 0. The van der Waals surface area contributed by atoms with E-state index in [9.17, 15) is 0 Å². The topological polar surface area (TPSA) is 39.1 Å². The van der Waals surface area contributed by atoms with Gasteiger partial charge in [-0.25, -0.2) is 0 Å². The molecule has 0 saturated carbocycles. The van der Waals surface area contributed by atoms with Gasteiger partial charge in [0.1, 0.15) is 5.75 Å². The fraction of sp³-hybridized carbons (Fsp3) is 0.357. The van der Waals surface area contributed by atoms with E-state index >= 15 is 0 Å². The minimum absolute atomic E-state index is 0.0118. The van der Waals surface area contributed by atoms with E-state index in [-0.39, 0.29) is 6.04 Å². The number of methoxy groups -OCH3 is 1. The molecule has 108 valence electrons. The van der Waals surface area contributed by atoms with Gasteiger partial charge in [0.2, 0.25) is 0 Å². The van der Waals surface area contributed by atoms with Crippen molar-refractivity contribution in [2.24, 2.45) is 7.05 Å². The Bertz CT molecular complexity index is 581. The Morgan fingerprint density at radius 1 is 1.50 bits per heavy atom. The fourth-order valence-corrected chi connectivity index (χ4v) is 3.02.